The number of piperidine rings is 1. The molecule has 1 fully saturated rings. The van der Waals surface area contributed by atoms with Gasteiger partial charge in [0.15, 0.2) is 5.96 Å². The van der Waals surface area contributed by atoms with E-state index in [0.29, 0.717) is 11.6 Å². The number of nitrogens with one attached hydrogen (secondary N) is 4. The Bertz CT molecular complexity index is 1330. The lowest BCUT2D eigenvalue weighted by molar-refractivity contribution is -0.156. The Hall–Kier alpha value is -3.64. The molecule has 2 aliphatic heterocycles. The highest BCUT2D eigenvalue weighted by molar-refractivity contribution is 7.89. The smallest absolute Gasteiger partial charge is 0.326 e. The van der Waals surface area contributed by atoms with E-state index in [2.05, 4.69) is 30.6 Å². The maximum Gasteiger partial charge on any atom is 0.326 e. The van der Waals surface area contributed by atoms with Gasteiger partial charge in [0.1, 0.15) is 11.6 Å². The predicted octanol–water partition coefficient (Wildman–Crippen LogP) is 2.40. The summed E-state index contributed by atoms with van der Waals surface area (Å²) >= 11 is 0. The third kappa shape index (κ3) is 9.18. The summed E-state index contributed by atoms with van der Waals surface area (Å²) in [4.78, 5) is 32.7. The van der Waals surface area contributed by atoms with Gasteiger partial charge in [0, 0.05) is 50.0 Å². The number of guanidine groups is 1. The summed E-state index contributed by atoms with van der Waals surface area (Å²) < 4.78 is 33.6. The molecule has 11 nitrogen and oxygen atoms in total. The van der Waals surface area contributed by atoms with Gasteiger partial charge in [-0.1, -0.05) is 18.2 Å². The van der Waals surface area contributed by atoms with Gasteiger partial charge in [-0.05, 0) is 82.9 Å². The number of amides is 1. The zero-order valence-electron chi connectivity index (χ0n) is 24.6. The van der Waals surface area contributed by atoms with Crippen LogP contribution in [0.4, 0.5) is 5.69 Å². The number of ether oxygens (including phenoxy) is 1. The Kier molecular flexibility index (Phi) is 10.4. The fourth-order valence-corrected chi connectivity index (χ4v) is 5.99. The molecule has 2 aromatic carbocycles. The number of hydrogen-bond donors (Lipinski definition) is 4. The molecule has 0 saturated carbocycles. The van der Waals surface area contributed by atoms with Crippen LogP contribution in [0.2, 0.25) is 0 Å². The first kappa shape index (κ1) is 31.3. The average molecular weight is 599 g/mol. The molecule has 1 atom stereocenters. The van der Waals surface area contributed by atoms with Crippen molar-refractivity contribution in [2.24, 2.45) is 4.99 Å². The molecule has 0 aromatic heterocycles. The lowest BCUT2D eigenvalue weighted by Crippen LogP contribution is -2.50. The molecule has 4 N–H and O–H groups in total. The van der Waals surface area contributed by atoms with Crippen molar-refractivity contribution in [3.8, 4) is 0 Å². The standard InChI is InChI=1S/C30H42N6O5S/c1-30(2,3)41-28(38)26(35-42(39,40)25-9-5-4-6-10-25)21-33-27(37)22-11-13-24(14-12-22)36-19-15-23(16-20-36)34-29-31-17-7-8-18-32-29/h4-6,9-14,23,26,35H,7-8,15-21H2,1-3H3,(H,33,37)(H2,31,32,34)/t26-/m0/s1. The van der Waals surface area contributed by atoms with Crippen molar-refractivity contribution in [3.63, 3.8) is 0 Å². The van der Waals surface area contributed by atoms with E-state index in [1.165, 1.54) is 12.1 Å². The van der Waals surface area contributed by atoms with E-state index in [1.54, 1.807) is 51.1 Å². The van der Waals surface area contributed by atoms with Crippen molar-refractivity contribution in [1.29, 1.82) is 0 Å². The van der Waals surface area contributed by atoms with Crippen molar-refractivity contribution >= 4 is 33.5 Å². The molecule has 0 unspecified atom stereocenters. The van der Waals surface area contributed by atoms with Crippen molar-refractivity contribution in [3.05, 3.63) is 60.2 Å². The first-order valence-electron chi connectivity index (χ1n) is 14.5. The normalized spacial score (nSPS) is 17.3. The van der Waals surface area contributed by atoms with Gasteiger partial charge in [0.05, 0.1) is 4.90 Å². The quantitative estimate of drug-likeness (QED) is 0.323. The maximum atomic E-state index is 13.0. The molecule has 0 aliphatic carbocycles. The van der Waals surface area contributed by atoms with Crippen LogP contribution in [0.25, 0.3) is 0 Å². The number of esters is 1. The molecule has 2 aromatic rings. The molecule has 0 radical (unpaired) electrons. The second-order valence-electron chi connectivity index (χ2n) is 11.5. The maximum absolute atomic E-state index is 13.0. The largest absolute Gasteiger partial charge is 0.459 e. The molecule has 4 rings (SSSR count). The molecule has 1 amide bonds. The molecule has 2 heterocycles. The molecule has 0 bridgehead atoms. The second kappa shape index (κ2) is 14.0. The lowest BCUT2D eigenvalue weighted by Gasteiger charge is -2.34. The van der Waals surface area contributed by atoms with Crippen LogP contribution < -0.4 is 25.6 Å². The van der Waals surface area contributed by atoms with Crippen LogP contribution >= 0.6 is 0 Å². The van der Waals surface area contributed by atoms with Crippen LogP contribution in [0, 0.1) is 0 Å². The van der Waals surface area contributed by atoms with Gasteiger partial charge in [-0.25, -0.2) is 8.42 Å². The van der Waals surface area contributed by atoms with Crippen LogP contribution in [0.1, 0.15) is 56.8 Å². The van der Waals surface area contributed by atoms with Gasteiger partial charge in [-0.15, -0.1) is 0 Å². The van der Waals surface area contributed by atoms with E-state index in [0.717, 1.165) is 63.5 Å². The SMILES string of the molecule is CC(C)(C)OC(=O)[C@H](CNC(=O)c1ccc(N2CCC(NC3=NCCCCN3)CC2)cc1)NS(=O)(=O)c1ccccc1. The summed E-state index contributed by atoms with van der Waals surface area (Å²) in [5.41, 5.74) is 0.594. The van der Waals surface area contributed by atoms with Crippen LogP contribution in [-0.4, -0.2) is 76.7 Å². The number of benzene rings is 2. The number of hydrogen-bond acceptors (Lipinski definition) is 9. The monoisotopic (exact) mass is 598 g/mol. The van der Waals surface area contributed by atoms with Crippen molar-refractivity contribution in [2.45, 2.75) is 69.0 Å². The van der Waals surface area contributed by atoms with Crippen molar-refractivity contribution in [2.75, 3.05) is 37.6 Å². The van der Waals surface area contributed by atoms with E-state index in [-0.39, 0.29) is 11.4 Å². The van der Waals surface area contributed by atoms with Crippen molar-refractivity contribution < 1.29 is 22.7 Å². The Labute approximate surface area is 248 Å². The summed E-state index contributed by atoms with van der Waals surface area (Å²) in [6, 6.07) is 14.1. The van der Waals surface area contributed by atoms with Crippen LogP contribution in [-0.2, 0) is 19.6 Å². The van der Waals surface area contributed by atoms with Gasteiger partial charge in [0.2, 0.25) is 10.0 Å². The molecule has 2 aliphatic rings. The molecule has 228 valence electrons. The molecule has 0 spiro atoms. The molecule has 12 heteroatoms. The topological polar surface area (TPSA) is 141 Å². The molecule has 42 heavy (non-hydrogen) atoms. The zero-order chi connectivity index (χ0) is 30.2. The average Bonchev–Trinajstić information content (AvgIpc) is 3.24. The first-order valence-corrected chi connectivity index (χ1v) is 16.0. The second-order valence-corrected chi connectivity index (χ2v) is 13.3. The predicted molar refractivity (Wildman–Crippen MR) is 163 cm³/mol. The van der Waals surface area contributed by atoms with Gasteiger partial charge in [-0.2, -0.15) is 4.72 Å². The van der Waals surface area contributed by atoms with Gasteiger partial charge >= 0.3 is 5.97 Å². The number of carbonyl (C=O) groups excluding carboxylic acids is 2. The number of nitrogens with zero attached hydrogens (tertiary/aromatic N) is 2. The fraction of sp³-hybridized carbons (Fsp3) is 0.500. The Morgan fingerprint density at radius 3 is 2.40 bits per heavy atom. The minimum Gasteiger partial charge on any atom is -0.459 e. The summed E-state index contributed by atoms with van der Waals surface area (Å²) in [7, 11) is -4.03. The minimum atomic E-state index is -4.03. The molecular weight excluding hydrogens is 556 g/mol. The molecule has 1 saturated heterocycles. The van der Waals surface area contributed by atoms with Crippen LogP contribution in [0.3, 0.4) is 0 Å². The van der Waals surface area contributed by atoms with Gasteiger partial charge < -0.3 is 25.6 Å². The highest BCUT2D eigenvalue weighted by atomic mass is 32.2. The van der Waals surface area contributed by atoms with E-state index in [9.17, 15) is 18.0 Å². The van der Waals surface area contributed by atoms with Gasteiger partial charge in [0.25, 0.3) is 5.91 Å². The minimum absolute atomic E-state index is 0.00939. The number of rotatable bonds is 9. The van der Waals surface area contributed by atoms with E-state index in [1.807, 2.05) is 12.1 Å². The Morgan fingerprint density at radius 1 is 1.05 bits per heavy atom. The van der Waals surface area contributed by atoms with E-state index in [4.69, 9.17) is 4.74 Å². The van der Waals surface area contributed by atoms with Crippen LogP contribution in [0.5, 0.6) is 0 Å². The summed E-state index contributed by atoms with van der Waals surface area (Å²) in [5, 5.41) is 9.59. The number of carbonyl (C=O) groups is 2. The number of anilines is 1. The Morgan fingerprint density at radius 2 is 1.74 bits per heavy atom. The van der Waals surface area contributed by atoms with Crippen LogP contribution in [0.15, 0.2) is 64.5 Å². The highest BCUT2D eigenvalue weighted by Gasteiger charge is 2.30. The lowest BCUT2D eigenvalue weighted by atomic mass is 10.0. The number of aliphatic imine (C=N–C) groups is 1. The summed E-state index contributed by atoms with van der Waals surface area (Å²) in [6.07, 6.45) is 4.21. The first-order chi connectivity index (χ1) is 20.0. The van der Waals surface area contributed by atoms with Crippen molar-refractivity contribution in [1.82, 2.24) is 20.7 Å². The summed E-state index contributed by atoms with van der Waals surface area (Å²) in [5.74, 6) is -0.297. The fourth-order valence-electron chi connectivity index (χ4n) is 4.78. The number of sulfonamides is 1. The van der Waals surface area contributed by atoms with Gasteiger partial charge in [-0.3, -0.25) is 14.6 Å². The third-order valence-corrected chi connectivity index (χ3v) is 8.47. The van der Waals surface area contributed by atoms with E-state index >= 15 is 0 Å². The highest BCUT2D eigenvalue weighted by Crippen LogP contribution is 2.21. The third-order valence-electron chi connectivity index (χ3n) is 6.99. The van der Waals surface area contributed by atoms with E-state index < -0.39 is 33.5 Å². The zero-order valence-corrected chi connectivity index (χ0v) is 25.4. The molecular formula is C30H42N6O5S. The Balaban J connectivity index is 1.33. The summed E-state index contributed by atoms with van der Waals surface area (Å²) in [6.45, 7) is 8.38.